The fourth-order valence-electron chi connectivity index (χ4n) is 2.79. The molecule has 0 aliphatic heterocycles. The molecule has 0 aromatic rings. The van der Waals surface area contributed by atoms with Gasteiger partial charge in [-0.1, -0.05) is 53.4 Å². The zero-order chi connectivity index (χ0) is 14.5. The van der Waals surface area contributed by atoms with Crippen molar-refractivity contribution in [2.24, 2.45) is 17.3 Å². The average molecular weight is 266 g/mol. The molecule has 0 aromatic carbocycles. The molecule has 2 atom stereocenters. The smallest absolute Gasteiger partial charge is 0.161 e. The highest BCUT2D eigenvalue weighted by atomic mass is 16.3. The molecular weight excluding hydrogens is 236 g/mol. The average Bonchev–Trinajstić information content (AvgIpc) is 2.33. The molecule has 2 unspecified atom stereocenters. The maximum atomic E-state index is 12.0. The van der Waals surface area contributed by atoms with E-state index in [1.807, 2.05) is 6.92 Å². The van der Waals surface area contributed by atoms with Gasteiger partial charge in [0.05, 0.1) is 0 Å². The van der Waals surface area contributed by atoms with Crippen LogP contribution in [0.4, 0.5) is 0 Å². The lowest BCUT2D eigenvalue weighted by Crippen LogP contribution is -2.26. The van der Waals surface area contributed by atoms with Crippen LogP contribution in [0.15, 0.2) is 11.8 Å². The monoisotopic (exact) mass is 266 g/mol. The Morgan fingerprint density at radius 1 is 1.42 bits per heavy atom. The number of ketones is 1. The van der Waals surface area contributed by atoms with Crippen LogP contribution in [0.5, 0.6) is 0 Å². The molecule has 0 heterocycles. The van der Waals surface area contributed by atoms with Crippen molar-refractivity contribution < 1.29 is 9.90 Å². The van der Waals surface area contributed by atoms with Crippen molar-refractivity contribution in [1.82, 2.24) is 0 Å². The van der Waals surface area contributed by atoms with Crippen molar-refractivity contribution in [1.29, 1.82) is 0 Å². The Morgan fingerprint density at radius 3 is 2.47 bits per heavy atom. The third kappa shape index (κ3) is 4.36. The Labute approximate surface area is 118 Å². The number of carbonyl (C=O) groups is 1. The van der Waals surface area contributed by atoms with E-state index in [-0.39, 0.29) is 17.1 Å². The first kappa shape index (κ1) is 16.3. The van der Waals surface area contributed by atoms with Gasteiger partial charge in [0, 0.05) is 17.4 Å². The van der Waals surface area contributed by atoms with Gasteiger partial charge in [0.1, 0.15) is 5.76 Å². The van der Waals surface area contributed by atoms with Gasteiger partial charge in [-0.15, -0.1) is 0 Å². The summed E-state index contributed by atoms with van der Waals surface area (Å²) < 4.78 is 0. The van der Waals surface area contributed by atoms with Crippen molar-refractivity contribution in [3.8, 4) is 0 Å². The fourth-order valence-corrected chi connectivity index (χ4v) is 2.79. The van der Waals surface area contributed by atoms with Crippen molar-refractivity contribution in [2.75, 3.05) is 0 Å². The Morgan fingerprint density at radius 2 is 2.05 bits per heavy atom. The molecule has 1 fully saturated rings. The number of carbonyl (C=O) groups excluding carboxylic acids is 1. The van der Waals surface area contributed by atoms with Crippen LogP contribution in [-0.4, -0.2) is 10.9 Å². The second kappa shape index (κ2) is 7.12. The number of hydrogen-bond acceptors (Lipinski definition) is 2. The van der Waals surface area contributed by atoms with E-state index in [9.17, 15) is 9.90 Å². The van der Waals surface area contributed by atoms with E-state index in [0.29, 0.717) is 5.76 Å². The quantitative estimate of drug-likeness (QED) is 0.493. The van der Waals surface area contributed by atoms with E-state index in [1.165, 1.54) is 25.3 Å². The fraction of sp³-hybridized carbons (Fsp3) is 0.824. The summed E-state index contributed by atoms with van der Waals surface area (Å²) >= 11 is 0. The Kier molecular flexibility index (Phi) is 6.09. The first-order valence-electron chi connectivity index (χ1n) is 7.88. The third-order valence-corrected chi connectivity index (χ3v) is 4.85. The third-order valence-electron chi connectivity index (χ3n) is 4.85. The minimum absolute atomic E-state index is 0.0250. The number of hydrogen-bond donors (Lipinski definition) is 1. The standard InChI is InChI=1S/C17H30O2/c1-5-8-13(3)15(18)11-16(19)17(4,6-2)12-14-9-7-10-14/h11,13-14,19H,5-10,12H2,1-4H3. The van der Waals surface area contributed by atoms with Gasteiger partial charge in [-0.05, 0) is 25.2 Å². The highest BCUT2D eigenvalue weighted by Crippen LogP contribution is 2.42. The maximum Gasteiger partial charge on any atom is 0.161 e. The van der Waals surface area contributed by atoms with E-state index in [0.717, 1.165) is 31.6 Å². The SMILES string of the molecule is CCCC(C)C(=O)C=C(O)C(C)(CC)CC1CCC1. The van der Waals surface area contributed by atoms with Crippen LogP contribution < -0.4 is 0 Å². The summed E-state index contributed by atoms with van der Waals surface area (Å²) in [6.07, 6.45) is 9.20. The molecule has 0 radical (unpaired) electrons. The van der Waals surface area contributed by atoms with Crippen molar-refractivity contribution in [3.63, 3.8) is 0 Å². The van der Waals surface area contributed by atoms with Crippen molar-refractivity contribution >= 4 is 5.78 Å². The summed E-state index contributed by atoms with van der Waals surface area (Å²) in [5, 5.41) is 10.4. The van der Waals surface area contributed by atoms with Crippen LogP contribution in [0.25, 0.3) is 0 Å². The predicted molar refractivity (Wildman–Crippen MR) is 80.1 cm³/mol. The molecule has 2 heteroatoms. The van der Waals surface area contributed by atoms with Gasteiger partial charge in [0.25, 0.3) is 0 Å². The number of rotatable bonds is 8. The first-order valence-corrected chi connectivity index (χ1v) is 7.88. The number of allylic oxidation sites excluding steroid dienone is 2. The summed E-state index contributed by atoms with van der Waals surface area (Å²) in [6.45, 7) is 8.22. The minimum Gasteiger partial charge on any atom is -0.512 e. The summed E-state index contributed by atoms with van der Waals surface area (Å²) in [5.41, 5.74) is -0.216. The Bertz CT molecular complexity index is 328. The van der Waals surface area contributed by atoms with Crippen LogP contribution in [0, 0.1) is 17.3 Å². The highest BCUT2D eigenvalue weighted by Gasteiger charge is 2.33. The second-order valence-electron chi connectivity index (χ2n) is 6.54. The summed E-state index contributed by atoms with van der Waals surface area (Å²) in [4.78, 5) is 12.0. The summed E-state index contributed by atoms with van der Waals surface area (Å²) in [7, 11) is 0. The molecule has 0 bridgehead atoms. The Hall–Kier alpha value is -0.790. The highest BCUT2D eigenvalue weighted by molar-refractivity contribution is 5.91. The predicted octanol–water partition coefficient (Wildman–Crippen LogP) is 5.04. The molecule has 0 aromatic heterocycles. The molecule has 1 N–H and O–H groups in total. The lowest BCUT2D eigenvalue weighted by Gasteiger charge is -2.36. The molecule has 0 amide bonds. The largest absolute Gasteiger partial charge is 0.512 e. The molecule has 1 aliphatic rings. The van der Waals surface area contributed by atoms with Gasteiger partial charge in [-0.2, -0.15) is 0 Å². The molecule has 1 rings (SSSR count). The van der Waals surface area contributed by atoms with E-state index in [1.54, 1.807) is 0 Å². The molecule has 0 spiro atoms. The second-order valence-corrected chi connectivity index (χ2v) is 6.54. The zero-order valence-corrected chi connectivity index (χ0v) is 13.0. The molecular formula is C17H30O2. The van der Waals surface area contributed by atoms with Crippen LogP contribution in [0.3, 0.4) is 0 Å². The zero-order valence-electron chi connectivity index (χ0n) is 13.0. The van der Waals surface area contributed by atoms with Crippen LogP contribution in [0.2, 0.25) is 0 Å². The molecule has 1 aliphatic carbocycles. The number of aliphatic hydroxyl groups is 1. The summed E-state index contributed by atoms with van der Waals surface area (Å²) in [5.74, 6) is 1.14. The first-order chi connectivity index (χ1) is 8.92. The molecule has 2 nitrogen and oxygen atoms in total. The van der Waals surface area contributed by atoms with E-state index < -0.39 is 0 Å². The van der Waals surface area contributed by atoms with Gasteiger partial charge in [-0.3, -0.25) is 4.79 Å². The van der Waals surface area contributed by atoms with Gasteiger partial charge in [0.15, 0.2) is 5.78 Å². The van der Waals surface area contributed by atoms with E-state index in [4.69, 9.17) is 0 Å². The van der Waals surface area contributed by atoms with Gasteiger partial charge >= 0.3 is 0 Å². The topological polar surface area (TPSA) is 37.3 Å². The molecule has 1 saturated carbocycles. The van der Waals surface area contributed by atoms with Gasteiger partial charge < -0.3 is 5.11 Å². The maximum absolute atomic E-state index is 12.0. The lowest BCUT2D eigenvalue weighted by atomic mass is 9.70. The van der Waals surface area contributed by atoms with Crippen LogP contribution >= 0.6 is 0 Å². The normalized spacial score (nSPS) is 21.6. The number of aliphatic hydroxyl groups excluding tert-OH is 1. The van der Waals surface area contributed by atoms with Crippen molar-refractivity contribution in [2.45, 2.75) is 72.6 Å². The minimum atomic E-state index is -0.216. The van der Waals surface area contributed by atoms with Crippen LogP contribution in [-0.2, 0) is 4.79 Å². The summed E-state index contributed by atoms with van der Waals surface area (Å²) in [6, 6.07) is 0. The van der Waals surface area contributed by atoms with Gasteiger partial charge in [-0.25, -0.2) is 0 Å². The molecule has 110 valence electrons. The van der Waals surface area contributed by atoms with E-state index >= 15 is 0 Å². The lowest BCUT2D eigenvalue weighted by molar-refractivity contribution is -0.118. The van der Waals surface area contributed by atoms with Gasteiger partial charge in [0.2, 0.25) is 0 Å². The molecule has 19 heavy (non-hydrogen) atoms. The Balaban J connectivity index is 2.69. The van der Waals surface area contributed by atoms with Crippen LogP contribution in [0.1, 0.15) is 72.6 Å². The van der Waals surface area contributed by atoms with Crippen molar-refractivity contribution in [3.05, 3.63) is 11.8 Å². The van der Waals surface area contributed by atoms with E-state index in [2.05, 4.69) is 20.8 Å². The molecule has 0 saturated heterocycles.